The van der Waals surface area contributed by atoms with Crippen molar-refractivity contribution in [3.8, 4) is 0 Å². The van der Waals surface area contributed by atoms with Crippen LogP contribution >= 0.6 is 11.6 Å². The van der Waals surface area contributed by atoms with Crippen LogP contribution in [0.2, 0.25) is 5.02 Å². The Hall–Kier alpha value is -2.12. The summed E-state index contributed by atoms with van der Waals surface area (Å²) in [5, 5.41) is 2.73. The molecule has 0 aromatic heterocycles. The quantitative estimate of drug-likeness (QED) is 0.823. The molecule has 0 unspecified atom stereocenters. The molecule has 24 heavy (non-hydrogen) atoms. The maximum atomic E-state index is 14.3. The van der Waals surface area contributed by atoms with E-state index in [0.29, 0.717) is 5.70 Å². The van der Waals surface area contributed by atoms with Crippen LogP contribution in [0.3, 0.4) is 0 Å². The second-order valence-corrected chi connectivity index (χ2v) is 5.56. The lowest BCUT2D eigenvalue weighted by Crippen LogP contribution is -2.49. The van der Waals surface area contributed by atoms with Crippen LogP contribution in [0.1, 0.15) is 18.5 Å². The van der Waals surface area contributed by atoms with Gasteiger partial charge in [-0.25, -0.2) is 14.0 Å². The Morgan fingerprint density at radius 2 is 2.12 bits per heavy atom. The number of ether oxygens (including phenoxy) is 2. The summed E-state index contributed by atoms with van der Waals surface area (Å²) < 4.78 is 24.1. The zero-order chi connectivity index (χ0) is 17.9. The van der Waals surface area contributed by atoms with Gasteiger partial charge in [0.25, 0.3) is 0 Å². The Labute approximate surface area is 144 Å². The number of nitrogens with zero attached hydrogens (tertiary/aromatic N) is 1. The van der Waals surface area contributed by atoms with Crippen molar-refractivity contribution < 1.29 is 23.5 Å². The van der Waals surface area contributed by atoms with E-state index in [9.17, 15) is 14.0 Å². The van der Waals surface area contributed by atoms with Gasteiger partial charge in [0.1, 0.15) is 5.82 Å². The molecule has 6 nitrogen and oxygen atoms in total. The second-order valence-electron chi connectivity index (χ2n) is 5.15. The Bertz CT molecular complexity index is 672. The van der Waals surface area contributed by atoms with Gasteiger partial charge in [-0.1, -0.05) is 17.7 Å². The SMILES string of the molecule is COCCN1C(=O)N[C@@H](c2c(F)cccc2Cl)C(C(=O)OC)=C1C. The third-order valence-electron chi connectivity index (χ3n) is 3.81. The molecule has 1 aliphatic heterocycles. The van der Waals surface area contributed by atoms with E-state index in [1.165, 1.54) is 37.3 Å². The highest BCUT2D eigenvalue weighted by Crippen LogP contribution is 2.36. The van der Waals surface area contributed by atoms with Gasteiger partial charge in [-0.2, -0.15) is 0 Å². The molecule has 2 rings (SSSR count). The summed E-state index contributed by atoms with van der Waals surface area (Å²) in [6, 6.07) is 2.66. The summed E-state index contributed by atoms with van der Waals surface area (Å²) in [6.07, 6.45) is 0. The van der Waals surface area contributed by atoms with Crippen LogP contribution in [0.15, 0.2) is 29.5 Å². The molecule has 0 bridgehead atoms. The van der Waals surface area contributed by atoms with Gasteiger partial charge in [0.15, 0.2) is 0 Å². The molecule has 130 valence electrons. The molecule has 0 fully saturated rings. The van der Waals surface area contributed by atoms with Crippen LogP contribution in [-0.2, 0) is 14.3 Å². The highest BCUT2D eigenvalue weighted by molar-refractivity contribution is 6.31. The van der Waals surface area contributed by atoms with Gasteiger partial charge in [0, 0.05) is 23.4 Å². The third-order valence-corrected chi connectivity index (χ3v) is 4.14. The maximum Gasteiger partial charge on any atom is 0.337 e. The fourth-order valence-corrected chi connectivity index (χ4v) is 2.88. The predicted octanol–water partition coefficient (Wildman–Crippen LogP) is 2.64. The maximum absolute atomic E-state index is 14.3. The number of halogens is 2. The third kappa shape index (κ3) is 3.37. The Morgan fingerprint density at radius 1 is 1.42 bits per heavy atom. The molecule has 0 radical (unpaired) electrons. The molecule has 8 heteroatoms. The normalized spacial score (nSPS) is 17.8. The van der Waals surface area contributed by atoms with Crippen molar-refractivity contribution in [2.24, 2.45) is 0 Å². The second kappa shape index (κ2) is 7.63. The van der Waals surface area contributed by atoms with Crippen molar-refractivity contribution in [1.29, 1.82) is 0 Å². The minimum Gasteiger partial charge on any atom is -0.466 e. The number of esters is 1. The number of hydrogen-bond donors (Lipinski definition) is 1. The predicted molar refractivity (Wildman–Crippen MR) is 86.0 cm³/mol. The van der Waals surface area contributed by atoms with Crippen molar-refractivity contribution >= 4 is 23.6 Å². The lowest BCUT2D eigenvalue weighted by molar-refractivity contribution is -0.136. The lowest BCUT2D eigenvalue weighted by Gasteiger charge is -2.35. The van der Waals surface area contributed by atoms with Gasteiger partial charge in [-0.05, 0) is 19.1 Å². The Balaban J connectivity index is 2.57. The number of rotatable bonds is 5. The van der Waals surface area contributed by atoms with Crippen LogP contribution in [0, 0.1) is 5.82 Å². The zero-order valence-corrected chi connectivity index (χ0v) is 14.3. The molecule has 1 heterocycles. The molecule has 2 amide bonds. The van der Waals surface area contributed by atoms with Gasteiger partial charge in [0.05, 0.1) is 31.9 Å². The topological polar surface area (TPSA) is 67.9 Å². The average molecular weight is 357 g/mol. The number of methoxy groups -OCH3 is 2. The molecule has 1 N–H and O–H groups in total. The van der Waals surface area contributed by atoms with Crippen LogP contribution in [0.4, 0.5) is 9.18 Å². The first-order valence-electron chi connectivity index (χ1n) is 7.22. The van der Waals surface area contributed by atoms with E-state index in [2.05, 4.69) is 5.32 Å². The van der Waals surface area contributed by atoms with E-state index in [1.54, 1.807) is 6.92 Å². The van der Waals surface area contributed by atoms with Gasteiger partial charge >= 0.3 is 12.0 Å². The number of carbonyl (C=O) groups is 2. The fraction of sp³-hybridized carbons (Fsp3) is 0.375. The number of urea groups is 1. The summed E-state index contributed by atoms with van der Waals surface area (Å²) >= 11 is 6.09. The summed E-state index contributed by atoms with van der Waals surface area (Å²) in [6.45, 7) is 2.12. The number of benzene rings is 1. The first kappa shape index (κ1) is 18.2. The molecular formula is C16H18ClFN2O4. The van der Waals surface area contributed by atoms with E-state index >= 15 is 0 Å². The molecule has 0 saturated carbocycles. The number of hydrogen-bond acceptors (Lipinski definition) is 4. The number of nitrogens with one attached hydrogen (secondary N) is 1. The Morgan fingerprint density at radius 3 is 2.71 bits per heavy atom. The van der Waals surface area contributed by atoms with Gasteiger partial charge in [-0.15, -0.1) is 0 Å². The number of carbonyl (C=O) groups excluding carboxylic acids is 2. The minimum absolute atomic E-state index is 0.0265. The van der Waals surface area contributed by atoms with Crippen molar-refractivity contribution in [2.45, 2.75) is 13.0 Å². The van der Waals surface area contributed by atoms with Crippen molar-refractivity contribution in [2.75, 3.05) is 27.4 Å². The standard InChI is InChI=1S/C16H18ClFN2O4/c1-9-12(15(21)24-3)14(13-10(17)5-4-6-11(13)18)19-16(22)20(9)7-8-23-2/h4-6,14H,7-8H2,1-3H3,(H,19,22)/t14-/m1/s1. The van der Waals surface area contributed by atoms with Crippen molar-refractivity contribution in [3.05, 3.63) is 45.9 Å². The van der Waals surface area contributed by atoms with Gasteiger partial charge in [-0.3, -0.25) is 4.90 Å². The van der Waals surface area contributed by atoms with E-state index in [-0.39, 0.29) is 29.3 Å². The van der Waals surface area contributed by atoms with E-state index in [1.807, 2.05) is 0 Å². The Kier molecular flexibility index (Phi) is 5.80. The van der Waals surface area contributed by atoms with Crippen LogP contribution in [0.5, 0.6) is 0 Å². The minimum atomic E-state index is -1.03. The van der Waals surface area contributed by atoms with Gasteiger partial charge < -0.3 is 14.8 Å². The van der Waals surface area contributed by atoms with Gasteiger partial charge in [0.2, 0.25) is 0 Å². The largest absolute Gasteiger partial charge is 0.466 e. The number of allylic oxidation sites excluding steroid dienone is 1. The molecule has 0 aliphatic carbocycles. The number of amides is 2. The van der Waals surface area contributed by atoms with E-state index in [4.69, 9.17) is 21.1 Å². The fourth-order valence-electron chi connectivity index (χ4n) is 2.61. The van der Waals surface area contributed by atoms with Crippen molar-refractivity contribution in [3.63, 3.8) is 0 Å². The highest BCUT2D eigenvalue weighted by Gasteiger charge is 2.38. The molecule has 1 aromatic carbocycles. The molecule has 0 spiro atoms. The summed E-state index contributed by atoms with van der Waals surface area (Å²) in [7, 11) is 2.72. The first-order valence-corrected chi connectivity index (χ1v) is 7.60. The van der Waals surface area contributed by atoms with E-state index < -0.39 is 23.9 Å². The molecule has 1 atom stereocenters. The molecule has 1 aromatic rings. The summed E-state index contributed by atoms with van der Waals surface area (Å²) in [5.74, 6) is -1.29. The highest BCUT2D eigenvalue weighted by atomic mass is 35.5. The molecular weight excluding hydrogens is 339 g/mol. The van der Waals surface area contributed by atoms with Crippen LogP contribution in [0.25, 0.3) is 0 Å². The molecule has 0 saturated heterocycles. The smallest absolute Gasteiger partial charge is 0.337 e. The van der Waals surface area contributed by atoms with Crippen LogP contribution in [-0.4, -0.2) is 44.3 Å². The van der Waals surface area contributed by atoms with E-state index in [0.717, 1.165) is 0 Å². The summed E-state index contributed by atoms with van der Waals surface area (Å²) in [4.78, 5) is 26.0. The monoisotopic (exact) mass is 356 g/mol. The first-order chi connectivity index (χ1) is 11.4. The lowest BCUT2D eigenvalue weighted by atomic mass is 9.94. The van der Waals surface area contributed by atoms with Crippen molar-refractivity contribution in [1.82, 2.24) is 10.2 Å². The average Bonchev–Trinajstić information content (AvgIpc) is 2.54. The molecule has 1 aliphatic rings. The van der Waals surface area contributed by atoms with Crippen LogP contribution < -0.4 is 5.32 Å². The zero-order valence-electron chi connectivity index (χ0n) is 13.6. The summed E-state index contributed by atoms with van der Waals surface area (Å²) in [5.41, 5.74) is 0.519.